The molecule has 0 saturated heterocycles. The molecule has 1 atom stereocenters. The summed E-state index contributed by atoms with van der Waals surface area (Å²) in [5, 5.41) is 14.9. The molecule has 1 aliphatic rings. The zero-order valence-corrected chi connectivity index (χ0v) is 17.8. The molecule has 2 aromatic rings. The average Bonchev–Trinajstić information content (AvgIpc) is 3.22. The van der Waals surface area contributed by atoms with Crippen molar-refractivity contribution in [1.29, 1.82) is 0 Å². The number of nitro benzene ring substituents is 1. The van der Waals surface area contributed by atoms with Gasteiger partial charge in [0, 0.05) is 22.6 Å². The highest BCUT2D eigenvalue weighted by Gasteiger charge is 2.31. The topological polar surface area (TPSA) is 122 Å². The van der Waals surface area contributed by atoms with Crippen molar-refractivity contribution >= 4 is 29.4 Å². The number of methoxy groups -OCH3 is 2. The fourth-order valence-corrected chi connectivity index (χ4v) is 3.37. The van der Waals surface area contributed by atoms with E-state index in [1.54, 1.807) is 0 Å². The van der Waals surface area contributed by atoms with E-state index >= 15 is 0 Å². The minimum Gasteiger partial charge on any atom is -0.492 e. The Morgan fingerprint density at radius 3 is 2.55 bits per heavy atom. The molecule has 1 unspecified atom stereocenters. The Hall–Kier alpha value is -3.53. The molecular formula is C20H20ClN3O7. The highest BCUT2D eigenvalue weighted by atomic mass is 35.5. The summed E-state index contributed by atoms with van der Waals surface area (Å²) in [4.78, 5) is 23.0. The van der Waals surface area contributed by atoms with Gasteiger partial charge in [-0.15, -0.1) is 11.6 Å². The van der Waals surface area contributed by atoms with E-state index in [1.807, 2.05) is 6.92 Å². The molecule has 0 radical (unpaired) electrons. The summed E-state index contributed by atoms with van der Waals surface area (Å²) in [6.07, 6.45) is 1.74. The lowest BCUT2D eigenvalue weighted by Gasteiger charge is -2.18. The Balaban J connectivity index is 2.00. The van der Waals surface area contributed by atoms with Crippen molar-refractivity contribution in [2.45, 2.75) is 18.7 Å². The van der Waals surface area contributed by atoms with Crippen LogP contribution in [0.3, 0.4) is 0 Å². The molecule has 0 bridgehead atoms. The second-order valence-corrected chi connectivity index (χ2v) is 7.23. The molecule has 3 rings (SSSR count). The molecule has 1 N–H and O–H groups in total. The maximum absolute atomic E-state index is 12.4. The van der Waals surface area contributed by atoms with E-state index in [0.717, 1.165) is 0 Å². The minimum atomic E-state index is -0.734. The molecule has 10 nitrogen and oxygen atoms in total. The first kappa shape index (κ1) is 22.2. The van der Waals surface area contributed by atoms with E-state index in [-0.39, 0.29) is 23.4 Å². The molecule has 164 valence electrons. The van der Waals surface area contributed by atoms with Gasteiger partial charge in [0.25, 0.3) is 11.6 Å². The number of carbonyl (C=O) groups excluding carboxylic acids is 1. The molecule has 11 heteroatoms. The SMILES string of the molecule is COc1c(C=NNC(=O)c2ccccc2[N+](=O)[O-])c(CC(C)Cl)c(OC)c2c1OCO2. The largest absolute Gasteiger partial charge is 0.492 e. The van der Waals surface area contributed by atoms with Gasteiger partial charge in [0.15, 0.2) is 11.5 Å². The van der Waals surface area contributed by atoms with Crippen molar-refractivity contribution in [3.05, 3.63) is 51.1 Å². The molecule has 31 heavy (non-hydrogen) atoms. The van der Waals surface area contributed by atoms with Gasteiger partial charge in [0.2, 0.25) is 18.3 Å². The summed E-state index contributed by atoms with van der Waals surface area (Å²) in [7, 11) is 2.95. The van der Waals surface area contributed by atoms with Gasteiger partial charge in [-0.3, -0.25) is 14.9 Å². The molecular weight excluding hydrogens is 430 g/mol. The number of amides is 1. The Labute approximate surface area is 182 Å². The second kappa shape index (κ2) is 9.52. The van der Waals surface area contributed by atoms with Crippen LogP contribution in [0.1, 0.15) is 28.4 Å². The molecule has 2 aromatic carbocycles. The van der Waals surface area contributed by atoms with E-state index in [0.29, 0.717) is 40.5 Å². The van der Waals surface area contributed by atoms with Crippen molar-refractivity contribution in [3.8, 4) is 23.0 Å². The van der Waals surface area contributed by atoms with Gasteiger partial charge in [-0.1, -0.05) is 12.1 Å². The number of para-hydroxylation sites is 1. The molecule has 0 fully saturated rings. The lowest BCUT2D eigenvalue weighted by atomic mass is 9.99. The number of benzene rings is 2. The van der Waals surface area contributed by atoms with Crippen molar-refractivity contribution < 1.29 is 28.7 Å². The number of hydrazone groups is 1. The second-order valence-electron chi connectivity index (χ2n) is 6.48. The van der Waals surface area contributed by atoms with Crippen LogP contribution in [0.15, 0.2) is 29.4 Å². The fraction of sp³-hybridized carbons (Fsp3) is 0.300. The number of hydrogen-bond acceptors (Lipinski definition) is 8. The van der Waals surface area contributed by atoms with Gasteiger partial charge in [-0.2, -0.15) is 5.10 Å². The predicted molar refractivity (Wildman–Crippen MR) is 113 cm³/mol. The van der Waals surface area contributed by atoms with Crippen LogP contribution in [0.2, 0.25) is 0 Å². The first-order valence-corrected chi connectivity index (χ1v) is 9.59. The Bertz CT molecular complexity index is 1040. The van der Waals surface area contributed by atoms with Crippen LogP contribution >= 0.6 is 11.6 Å². The van der Waals surface area contributed by atoms with Crippen molar-refractivity contribution in [3.63, 3.8) is 0 Å². The van der Waals surface area contributed by atoms with Crippen molar-refractivity contribution in [1.82, 2.24) is 5.43 Å². The summed E-state index contributed by atoms with van der Waals surface area (Å²) in [5.41, 5.74) is 2.98. The van der Waals surface area contributed by atoms with Gasteiger partial charge < -0.3 is 18.9 Å². The first-order chi connectivity index (χ1) is 14.9. The Kier molecular flexibility index (Phi) is 6.81. The fourth-order valence-electron chi connectivity index (χ4n) is 3.21. The molecule has 0 saturated carbocycles. The molecule has 1 amide bonds. The number of alkyl halides is 1. The number of carbonyl (C=O) groups is 1. The van der Waals surface area contributed by atoms with Gasteiger partial charge in [-0.05, 0) is 19.4 Å². The number of hydrogen-bond donors (Lipinski definition) is 1. The van der Waals surface area contributed by atoms with E-state index in [1.165, 1.54) is 44.7 Å². The van der Waals surface area contributed by atoms with Gasteiger partial charge in [0.1, 0.15) is 5.56 Å². The van der Waals surface area contributed by atoms with Crippen LogP contribution in [-0.4, -0.2) is 43.4 Å². The predicted octanol–water partition coefficient (Wildman–Crippen LogP) is 3.27. The van der Waals surface area contributed by atoms with Gasteiger partial charge in [-0.25, -0.2) is 5.43 Å². The summed E-state index contributed by atoms with van der Waals surface area (Å²) in [5.74, 6) is 0.767. The monoisotopic (exact) mass is 449 g/mol. The Morgan fingerprint density at radius 1 is 1.29 bits per heavy atom. The van der Waals surface area contributed by atoms with Crippen LogP contribution < -0.4 is 24.4 Å². The zero-order valence-electron chi connectivity index (χ0n) is 17.0. The van der Waals surface area contributed by atoms with Crippen LogP contribution in [0.25, 0.3) is 0 Å². The Morgan fingerprint density at radius 2 is 1.94 bits per heavy atom. The maximum Gasteiger partial charge on any atom is 0.282 e. The third kappa shape index (κ3) is 4.48. The number of halogens is 1. The minimum absolute atomic E-state index is 0.00702. The number of rotatable bonds is 8. The third-order valence-electron chi connectivity index (χ3n) is 4.47. The number of nitro groups is 1. The normalized spacial score (nSPS) is 13.2. The van der Waals surface area contributed by atoms with Crippen LogP contribution in [0, 0.1) is 10.1 Å². The van der Waals surface area contributed by atoms with Crippen molar-refractivity contribution in [2.24, 2.45) is 5.10 Å². The molecule has 1 aliphatic heterocycles. The van der Waals surface area contributed by atoms with E-state index in [4.69, 9.17) is 30.5 Å². The molecule has 0 spiro atoms. The van der Waals surface area contributed by atoms with Crippen LogP contribution in [-0.2, 0) is 6.42 Å². The summed E-state index contributed by atoms with van der Waals surface area (Å²) in [6, 6.07) is 5.58. The number of nitrogens with zero attached hydrogens (tertiary/aromatic N) is 2. The average molecular weight is 450 g/mol. The zero-order chi connectivity index (χ0) is 22.5. The number of fused-ring (bicyclic) bond motifs is 1. The highest BCUT2D eigenvalue weighted by molar-refractivity contribution is 6.20. The maximum atomic E-state index is 12.4. The van der Waals surface area contributed by atoms with Crippen LogP contribution in [0.4, 0.5) is 5.69 Å². The number of ether oxygens (including phenoxy) is 4. The van der Waals surface area contributed by atoms with E-state index in [9.17, 15) is 14.9 Å². The smallest absolute Gasteiger partial charge is 0.282 e. The molecule has 0 aliphatic carbocycles. The number of nitrogens with one attached hydrogen (secondary N) is 1. The lowest BCUT2D eigenvalue weighted by molar-refractivity contribution is -0.385. The standard InChI is InChI=1S/C20H20ClN3O7/c1-11(21)8-13-14(17(29-3)19-18(16(13)28-2)30-10-31-19)9-22-23-20(25)12-6-4-5-7-15(12)24(26)27/h4-7,9,11H,8,10H2,1-3H3,(H,23,25). The highest BCUT2D eigenvalue weighted by Crippen LogP contribution is 2.52. The quantitative estimate of drug-likeness (QED) is 0.284. The summed E-state index contributed by atoms with van der Waals surface area (Å²) >= 11 is 6.22. The molecule has 1 heterocycles. The van der Waals surface area contributed by atoms with Gasteiger partial charge in [0.05, 0.1) is 25.4 Å². The van der Waals surface area contributed by atoms with Crippen LogP contribution in [0.5, 0.6) is 23.0 Å². The third-order valence-corrected chi connectivity index (χ3v) is 4.62. The summed E-state index contributed by atoms with van der Waals surface area (Å²) < 4.78 is 22.1. The first-order valence-electron chi connectivity index (χ1n) is 9.16. The lowest BCUT2D eigenvalue weighted by Crippen LogP contribution is -2.19. The molecule has 0 aromatic heterocycles. The van der Waals surface area contributed by atoms with E-state index in [2.05, 4.69) is 10.5 Å². The van der Waals surface area contributed by atoms with Gasteiger partial charge >= 0.3 is 0 Å². The van der Waals surface area contributed by atoms with Crippen molar-refractivity contribution in [2.75, 3.05) is 21.0 Å². The summed E-state index contributed by atoms with van der Waals surface area (Å²) in [6.45, 7) is 1.81. The van der Waals surface area contributed by atoms with E-state index < -0.39 is 10.8 Å².